The Balaban J connectivity index is 1.51. The van der Waals surface area contributed by atoms with Crippen molar-refractivity contribution in [3.8, 4) is 0 Å². The fraction of sp³-hybridized carbons (Fsp3) is 0.619. The highest BCUT2D eigenvalue weighted by Gasteiger charge is 2.37. The van der Waals surface area contributed by atoms with Crippen LogP contribution < -0.4 is 5.32 Å². The fourth-order valence-electron chi connectivity index (χ4n) is 4.24. The van der Waals surface area contributed by atoms with Gasteiger partial charge in [0.25, 0.3) is 0 Å². The molecule has 7 nitrogen and oxygen atoms in total. The molecule has 0 unspecified atom stereocenters. The van der Waals surface area contributed by atoms with Crippen LogP contribution in [0.2, 0.25) is 0 Å². The van der Waals surface area contributed by atoms with Crippen LogP contribution in [0.5, 0.6) is 0 Å². The molecule has 1 aromatic rings. The second-order valence-electron chi connectivity index (χ2n) is 8.47. The van der Waals surface area contributed by atoms with Gasteiger partial charge in [-0.2, -0.15) is 4.31 Å². The Morgan fingerprint density at radius 3 is 2.40 bits per heavy atom. The number of carbonyl (C=O) groups is 2. The molecule has 0 spiro atoms. The molecule has 30 heavy (non-hydrogen) atoms. The number of amides is 2. The Hall–Kier alpha value is -1.58. The normalized spacial score (nSPS) is 24.1. The predicted octanol–water partition coefficient (Wildman–Crippen LogP) is 2.92. The number of nitrogens with one attached hydrogen (secondary N) is 1. The molecule has 0 aliphatic carbocycles. The lowest BCUT2D eigenvalue weighted by Crippen LogP contribution is -2.45. The van der Waals surface area contributed by atoms with Crippen molar-refractivity contribution in [1.29, 1.82) is 0 Å². The van der Waals surface area contributed by atoms with Crippen molar-refractivity contribution in [1.82, 2.24) is 9.21 Å². The number of sulfonamides is 1. The first-order chi connectivity index (χ1) is 14.4. The Bertz CT molecular complexity index is 918. The molecule has 3 heterocycles. The summed E-state index contributed by atoms with van der Waals surface area (Å²) in [5.74, 6) is 0.0154. The van der Waals surface area contributed by atoms with Crippen molar-refractivity contribution < 1.29 is 18.0 Å². The molecule has 1 N–H and O–H groups in total. The number of carbonyl (C=O) groups excluding carboxylic acids is 2. The number of rotatable bonds is 3. The van der Waals surface area contributed by atoms with Crippen molar-refractivity contribution in [2.45, 2.75) is 60.5 Å². The first kappa shape index (κ1) is 21.6. The van der Waals surface area contributed by atoms with Gasteiger partial charge in [-0.1, -0.05) is 19.8 Å². The molecule has 1 aromatic carbocycles. The van der Waals surface area contributed by atoms with Crippen LogP contribution in [0.4, 0.5) is 5.69 Å². The van der Waals surface area contributed by atoms with Crippen LogP contribution in [0.15, 0.2) is 28.0 Å². The number of fused-ring (bicyclic) bond motifs is 1. The predicted molar refractivity (Wildman–Crippen MR) is 117 cm³/mol. The van der Waals surface area contributed by atoms with E-state index in [0.29, 0.717) is 37.8 Å². The van der Waals surface area contributed by atoms with Crippen molar-refractivity contribution in [3.05, 3.63) is 18.2 Å². The Kier molecular flexibility index (Phi) is 6.41. The average molecular weight is 452 g/mol. The molecule has 2 fully saturated rings. The van der Waals surface area contributed by atoms with Gasteiger partial charge in [-0.05, 0) is 49.8 Å². The molecule has 0 radical (unpaired) electrons. The summed E-state index contributed by atoms with van der Waals surface area (Å²) >= 11 is 1.22. The van der Waals surface area contributed by atoms with Gasteiger partial charge in [0.2, 0.25) is 21.8 Å². The van der Waals surface area contributed by atoms with Crippen molar-refractivity contribution in [2.75, 3.05) is 31.5 Å². The Morgan fingerprint density at radius 2 is 1.73 bits per heavy atom. The first-order valence-corrected chi connectivity index (χ1v) is 13.1. The van der Waals surface area contributed by atoms with Gasteiger partial charge in [0.1, 0.15) is 0 Å². The summed E-state index contributed by atoms with van der Waals surface area (Å²) in [6, 6.07) is 4.83. The smallest absolute Gasteiger partial charge is 0.247 e. The molecule has 0 saturated carbocycles. The lowest BCUT2D eigenvalue weighted by atomic mass is 10.0. The summed E-state index contributed by atoms with van der Waals surface area (Å²) in [6.45, 7) is 4.57. The molecule has 4 rings (SSSR count). The van der Waals surface area contributed by atoms with Gasteiger partial charge >= 0.3 is 0 Å². The summed E-state index contributed by atoms with van der Waals surface area (Å²) in [5, 5.41) is 1.96. The van der Waals surface area contributed by atoms with E-state index in [4.69, 9.17) is 0 Å². The molecule has 9 heteroatoms. The number of likely N-dealkylation sites (tertiary alicyclic amines) is 1. The van der Waals surface area contributed by atoms with Gasteiger partial charge < -0.3 is 10.2 Å². The van der Waals surface area contributed by atoms with Crippen molar-refractivity contribution in [3.63, 3.8) is 0 Å². The van der Waals surface area contributed by atoms with Gasteiger partial charge in [0.15, 0.2) is 5.25 Å². The second-order valence-corrected chi connectivity index (χ2v) is 11.6. The molecule has 3 aliphatic rings. The van der Waals surface area contributed by atoms with Crippen LogP contribution in [-0.4, -0.2) is 60.9 Å². The Morgan fingerprint density at radius 1 is 1.07 bits per heavy atom. The van der Waals surface area contributed by atoms with Crippen LogP contribution >= 0.6 is 11.8 Å². The van der Waals surface area contributed by atoms with Gasteiger partial charge in [0.05, 0.1) is 10.6 Å². The van der Waals surface area contributed by atoms with Crippen LogP contribution in [0.25, 0.3) is 0 Å². The number of hydrogen-bond acceptors (Lipinski definition) is 5. The number of benzene rings is 1. The van der Waals surface area contributed by atoms with Crippen LogP contribution in [-0.2, 0) is 19.6 Å². The summed E-state index contributed by atoms with van der Waals surface area (Å²) in [7, 11) is -3.59. The van der Waals surface area contributed by atoms with Crippen molar-refractivity contribution >= 4 is 39.3 Å². The van der Waals surface area contributed by atoms with Crippen LogP contribution in [0.3, 0.4) is 0 Å². The standard InChI is InChI=1S/C21H29N3O4S2/c1-15-8-12-24(13-9-15)30(27,28)16-6-7-18-17(14-16)22-20(25)19(29-18)21(26)23-10-4-2-3-5-11-23/h6-7,14-15,19H,2-5,8-13H2,1H3,(H,22,25)/t19-/m1/s1. The molecular weight excluding hydrogens is 422 g/mol. The van der Waals surface area contributed by atoms with Crippen molar-refractivity contribution in [2.24, 2.45) is 5.92 Å². The minimum Gasteiger partial charge on any atom is -0.341 e. The minimum atomic E-state index is -3.59. The topological polar surface area (TPSA) is 86.8 Å². The maximum Gasteiger partial charge on any atom is 0.247 e. The van der Waals surface area contributed by atoms with E-state index in [1.165, 1.54) is 22.1 Å². The molecular formula is C21H29N3O4S2. The fourth-order valence-corrected chi connectivity index (χ4v) is 6.79. The number of piperidine rings is 1. The quantitative estimate of drug-likeness (QED) is 0.714. The van der Waals surface area contributed by atoms with E-state index in [-0.39, 0.29) is 16.7 Å². The molecule has 0 aromatic heterocycles. The summed E-state index contributed by atoms with van der Waals surface area (Å²) in [6.07, 6.45) is 5.89. The van der Waals surface area contributed by atoms with Gasteiger partial charge in [0, 0.05) is 31.1 Å². The zero-order chi connectivity index (χ0) is 21.3. The molecule has 0 bridgehead atoms. The SMILES string of the molecule is CC1CCN(S(=O)(=O)c2ccc3c(c2)NC(=O)[C@H](C(=O)N2CCCCCC2)S3)CC1. The number of anilines is 1. The highest BCUT2D eigenvalue weighted by Crippen LogP contribution is 2.38. The molecule has 2 saturated heterocycles. The van der Waals surface area contributed by atoms with E-state index in [2.05, 4.69) is 12.2 Å². The van der Waals surface area contributed by atoms with Gasteiger partial charge in [-0.15, -0.1) is 11.8 Å². The Labute approximate surface area is 182 Å². The van der Waals surface area contributed by atoms with E-state index in [9.17, 15) is 18.0 Å². The molecule has 1 atom stereocenters. The van der Waals surface area contributed by atoms with E-state index in [1.54, 1.807) is 17.0 Å². The number of hydrogen-bond donors (Lipinski definition) is 1. The zero-order valence-electron chi connectivity index (χ0n) is 17.3. The van der Waals surface area contributed by atoms with E-state index < -0.39 is 15.3 Å². The largest absolute Gasteiger partial charge is 0.341 e. The molecule has 2 amide bonds. The third-order valence-corrected chi connectivity index (χ3v) is 9.37. The maximum atomic E-state index is 13.0. The van der Waals surface area contributed by atoms with E-state index in [0.717, 1.165) is 43.4 Å². The van der Waals surface area contributed by atoms with E-state index in [1.807, 2.05) is 0 Å². The highest BCUT2D eigenvalue weighted by molar-refractivity contribution is 8.01. The third kappa shape index (κ3) is 4.38. The zero-order valence-corrected chi connectivity index (χ0v) is 18.9. The summed E-state index contributed by atoms with van der Waals surface area (Å²) in [4.78, 5) is 28.3. The highest BCUT2D eigenvalue weighted by atomic mass is 32.2. The van der Waals surface area contributed by atoms with Gasteiger partial charge in [-0.25, -0.2) is 8.42 Å². The summed E-state index contributed by atoms with van der Waals surface area (Å²) in [5.41, 5.74) is 0.469. The molecule has 164 valence electrons. The number of thioether (sulfide) groups is 1. The first-order valence-electron chi connectivity index (χ1n) is 10.8. The maximum absolute atomic E-state index is 13.0. The minimum absolute atomic E-state index is 0.149. The lowest BCUT2D eigenvalue weighted by Gasteiger charge is -2.31. The third-order valence-electron chi connectivity index (χ3n) is 6.21. The average Bonchev–Trinajstić information content (AvgIpc) is 3.02. The van der Waals surface area contributed by atoms with E-state index >= 15 is 0 Å². The second kappa shape index (κ2) is 8.88. The molecule has 3 aliphatic heterocycles. The van der Waals surface area contributed by atoms with Crippen LogP contribution in [0, 0.1) is 5.92 Å². The monoisotopic (exact) mass is 451 g/mol. The number of nitrogens with zero attached hydrogens (tertiary/aromatic N) is 2. The summed E-state index contributed by atoms with van der Waals surface area (Å²) < 4.78 is 27.6. The van der Waals surface area contributed by atoms with Crippen LogP contribution in [0.1, 0.15) is 45.4 Å². The lowest BCUT2D eigenvalue weighted by molar-refractivity contribution is -0.133. The van der Waals surface area contributed by atoms with Gasteiger partial charge in [-0.3, -0.25) is 9.59 Å².